The van der Waals surface area contributed by atoms with E-state index in [1.54, 1.807) is 43.5 Å². The number of carbonyl (C=O) groups is 5. The number of hydrogen-bond acceptors (Lipinski definition) is 7. The zero-order chi connectivity index (χ0) is 28.2. The molecule has 0 aliphatic rings. The number of amides is 4. The molecule has 0 spiro atoms. The van der Waals surface area contributed by atoms with Gasteiger partial charge in [0.25, 0.3) is 0 Å². The number of aromatic nitrogens is 2. The third kappa shape index (κ3) is 9.32. The number of hydrogen-bond donors (Lipinski definition) is 7. The van der Waals surface area contributed by atoms with Crippen LogP contribution in [-0.4, -0.2) is 68.8 Å². The van der Waals surface area contributed by atoms with Crippen LogP contribution in [0.1, 0.15) is 37.9 Å². The molecule has 0 radical (unpaired) electrons. The van der Waals surface area contributed by atoms with Crippen LogP contribution in [0.3, 0.4) is 0 Å². The van der Waals surface area contributed by atoms with Gasteiger partial charge in [0.15, 0.2) is 0 Å². The molecule has 206 valence electrons. The van der Waals surface area contributed by atoms with Crippen molar-refractivity contribution in [2.24, 2.45) is 17.4 Å². The van der Waals surface area contributed by atoms with Crippen LogP contribution in [0.4, 0.5) is 0 Å². The van der Waals surface area contributed by atoms with Gasteiger partial charge in [-0.05, 0) is 11.5 Å². The van der Waals surface area contributed by atoms with E-state index in [0.29, 0.717) is 17.7 Å². The minimum Gasteiger partial charge on any atom is -0.480 e. The van der Waals surface area contributed by atoms with E-state index in [1.807, 2.05) is 6.92 Å². The molecule has 0 saturated carbocycles. The second-order valence-corrected chi connectivity index (χ2v) is 9.08. The average molecular weight is 530 g/mol. The van der Waals surface area contributed by atoms with Gasteiger partial charge in [0.05, 0.1) is 18.8 Å². The predicted molar refractivity (Wildman–Crippen MR) is 137 cm³/mol. The van der Waals surface area contributed by atoms with Crippen molar-refractivity contribution in [3.05, 3.63) is 54.1 Å². The van der Waals surface area contributed by atoms with Gasteiger partial charge >= 0.3 is 5.97 Å². The van der Waals surface area contributed by atoms with Gasteiger partial charge < -0.3 is 37.5 Å². The largest absolute Gasteiger partial charge is 0.480 e. The molecule has 5 unspecified atom stereocenters. The lowest BCUT2D eigenvalue weighted by Gasteiger charge is -2.28. The summed E-state index contributed by atoms with van der Waals surface area (Å²) in [5, 5.41) is 17.0. The van der Waals surface area contributed by atoms with Gasteiger partial charge in [-0.25, -0.2) is 9.78 Å². The van der Waals surface area contributed by atoms with E-state index < -0.39 is 60.2 Å². The number of carboxylic acids is 1. The highest BCUT2D eigenvalue weighted by molar-refractivity contribution is 5.95. The molecule has 13 nitrogen and oxygen atoms in total. The topological polar surface area (TPSA) is 222 Å². The zero-order valence-corrected chi connectivity index (χ0v) is 21.3. The van der Waals surface area contributed by atoms with Crippen LogP contribution in [-0.2, 0) is 36.8 Å². The maximum atomic E-state index is 13.4. The molecule has 0 saturated heterocycles. The summed E-state index contributed by atoms with van der Waals surface area (Å²) in [5.74, 6) is -4.69. The van der Waals surface area contributed by atoms with Gasteiger partial charge in [-0.3, -0.25) is 19.2 Å². The molecule has 9 N–H and O–H groups in total. The first-order chi connectivity index (χ1) is 18.0. The van der Waals surface area contributed by atoms with Crippen molar-refractivity contribution < 1.29 is 29.1 Å². The Hall–Kier alpha value is -4.26. The molecule has 4 amide bonds. The highest BCUT2D eigenvalue weighted by Gasteiger charge is 2.33. The molecule has 0 aliphatic carbocycles. The third-order valence-electron chi connectivity index (χ3n) is 6.06. The van der Waals surface area contributed by atoms with Crippen molar-refractivity contribution in [3.8, 4) is 0 Å². The van der Waals surface area contributed by atoms with E-state index in [-0.39, 0.29) is 18.8 Å². The second kappa shape index (κ2) is 14.5. The molecule has 1 aromatic carbocycles. The summed E-state index contributed by atoms with van der Waals surface area (Å²) in [7, 11) is 0. The smallest absolute Gasteiger partial charge is 0.326 e. The standard InChI is InChI=1S/C25H35N7O6/c1-3-14(2)21(32-22(34)17(26)10-16-12-28-13-29-16)24(36)30-18(9-15-7-5-4-6-8-15)23(35)31-19(25(37)38)11-20(27)33/h4-8,12-14,17-19,21H,3,9-11,26H2,1-2H3,(H2,27,33)(H,28,29)(H,30,36)(H,31,35)(H,32,34)(H,37,38). The monoisotopic (exact) mass is 529 g/mol. The summed E-state index contributed by atoms with van der Waals surface area (Å²) in [6.45, 7) is 3.61. The lowest BCUT2D eigenvalue weighted by Crippen LogP contribution is -2.59. The summed E-state index contributed by atoms with van der Waals surface area (Å²) in [5.41, 5.74) is 12.5. The SMILES string of the molecule is CCC(C)C(NC(=O)C(N)Cc1cnc[nH]1)C(=O)NC(Cc1ccccc1)C(=O)NC(CC(N)=O)C(=O)O. The molecular formula is C25H35N7O6. The Morgan fingerprint density at radius 1 is 0.974 bits per heavy atom. The lowest BCUT2D eigenvalue weighted by molar-refractivity contribution is -0.143. The van der Waals surface area contributed by atoms with E-state index in [4.69, 9.17) is 11.5 Å². The number of rotatable bonds is 15. The fraction of sp³-hybridized carbons (Fsp3) is 0.440. The number of imidazole rings is 1. The maximum absolute atomic E-state index is 13.4. The van der Waals surface area contributed by atoms with Gasteiger partial charge in [-0.15, -0.1) is 0 Å². The number of primary amides is 1. The van der Waals surface area contributed by atoms with Crippen molar-refractivity contribution in [2.75, 3.05) is 0 Å². The Morgan fingerprint density at radius 2 is 1.63 bits per heavy atom. The first-order valence-electron chi connectivity index (χ1n) is 12.2. The number of carbonyl (C=O) groups excluding carboxylic acids is 4. The first-order valence-corrected chi connectivity index (χ1v) is 12.2. The summed E-state index contributed by atoms with van der Waals surface area (Å²) in [6, 6.07) is 4.02. The minimum absolute atomic E-state index is 0.0296. The van der Waals surface area contributed by atoms with Gasteiger partial charge in [0, 0.05) is 24.7 Å². The van der Waals surface area contributed by atoms with Gasteiger partial charge in [-0.2, -0.15) is 0 Å². The summed E-state index contributed by atoms with van der Waals surface area (Å²) < 4.78 is 0. The second-order valence-electron chi connectivity index (χ2n) is 9.08. The van der Waals surface area contributed by atoms with Crippen molar-refractivity contribution in [3.63, 3.8) is 0 Å². The van der Waals surface area contributed by atoms with Crippen molar-refractivity contribution in [1.29, 1.82) is 0 Å². The Kier molecular flexibility index (Phi) is 11.4. The van der Waals surface area contributed by atoms with E-state index in [1.165, 1.54) is 6.33 Å². The highest BCUT2D eigenvalue weighted by Crippen LogP contribution is 2.11. The molecule has 5 atom stereocenters. The van der Waals surface area contributed by atoms with E-state index in [0.717, 1.165) is 0 Å². The van der Waals surface area contributed by atoms with Crippen LogP contribution in [0, 0.1) is 5.92 Å². The number of aliphatic carboxylic acids is 1. The van der Waals surface area contributed by atoms with Crippen LogP contribution in [0.2, 0.25) is 0 Å². The minimum atomic E-state index is -1.57. The number of carboxylic acid groups (broad SMARTS) is 1. The van der Waals surface area contributed by atoms with Gasteiger partial charge in [0.2, 0.25) is 23.6 Å². The van der Waals surface area contributed by atoms with Crippen molar-refractivity contribution >= 4 is 29.6 Å². The Labute approximate surface area is 220 Å². The molecule has 38 heavy (non-hydrogen) atoms. The molecule has 0 aliphatic heterocycles. The number of nitrogens with two attached hydrogens (primary N) is 2. The van der Waals surface area contributed by atoms with E-state index >= 15 is 0 Å². The molecule has 2 aromatic rings. The van der Waals surface area contributed by atoms with E-state index in [9.17, 15) is 29.1 Å². The lowest BCUT2D eigenvalue weighted by atomic mass is 9.96. The number of H-pyrrole nitrogens is 1. The zero-order valence-electron chi connectivity index (χ0n) is 21.3. The fourth-order valence-corrected chi connectivity index (χ4v) is 3.68. The predicted octanol–water partition coefficient (Wildman–Crippen LogP) is -1.02. The summed E-state index contributed by atoms with van der Waals surface area (Å²) in [6.07, 6.45) is 3.13. The molecule has 0 bridgehead atoms. The first kappa shape index (κ1) is 30.0. The molecule has 13 heteroatoms. The highest BCUT2D eigenvalue weighted by atomic mass is 16.4. The maximum Gasteiger partial charge on any atom is 0.326 e. The van der Waals surface area contributed by atoms with Crippen molar-refractivity contribution in [1.82, 2.24) is 25.9 Å². The normalized spacial score (nSPS) is 14.8. The molecule has 1 heterocycles. The Morgan fingerprint density at radius 3 is 2.18 bits per heavy atom. The summed E-state index contributed by atoms with van der Waals surface area (Å²) >= 11 is 0. The third-order valence-corrected chi connectivity index (χ3v) is 6.06. The van der Waals surface area contributed by atoms with E-state index in [2.05, 4.69) is 25.9 Å². The number of nitrogens with zero attached hydrogens (tertiary/aromatic N) is 1. The van der Waals surface area contributed by atoms with Gasteiger partial charge in [-0.1, -0.05) is 50.6 Å². The van der Waals surface area contributed by atoms with Crippen LogP contribution in [0.5, 0.6) is 0 Å². The molecule has 0 fully saturated rings. The van der Waals surface area contributed by atoms with Crippen molar-refractivity contribution in [2.45, 2.75) is 63.7 Å². The van der Waals surface area contributed by atoms with Gasteiger partial charge in [0.1, 0.15) is 18.1 Å². The average Bonchev–Trinajstić information content (AvgIpc) is 3.39. The quantitative estimate of drug-likeness (QED) is 0.151. The fourth-order valence-electron chi connectivity index (χ4n) is 3.68. The molecular weight excluding hydrogens is 494 g/mol. The molecule has 1 aromatic heterocycles. The van der Waals surface area contributed by atoms with Crippen LogP contribution >= 0.6 is 0 Å². The van der Waals surface area contributed by atoms with Crippen LogP contribution in [0.25, 0.3) is 0 Å². The Bertz CT molecular complexity index is 1090. The Balaban J connectivity index is 2.21. The number of nitrogens with one attached hydrogen (secondary N) is 4. The molecule has 2 rings (SSSR count). The van der Waals surface area contributed by atoms with Crippen LogP contribution in [0.15, 0.2) is 42.9 Å². The summed E-state index contributed by atoms with van der Waals surface area (Å²) in [4.78, 5) is 68.8. The van der Waals surface area contributed by atoms with Crippen LogP contribution < -0.4 is 27.4 Å². The number of benzene rings is 1. The number of aromatic amines is 1.